The van der Waals surface area contributed by atoms with Gasteiger partial charge in [-0.15, -0.1) is 0 Å². The van der Waals surface area contributed by atoms with Crippen molar-refractivity contribution in [2.45, 2.75) is 39.7 Å². The molecule has 1 aliphatic rings. The van der Waals surface area contributed by atoms with Gasteiger partial charge in [-0.05, 0) is 56.9 Å². The molecule has 0 amide bonds. The van der Waals surface area contributed by atoms with E-state index in [0.717, 1.165) is 12.1 Å². The fraction of sp³-hybridized carbons (Fsp3) is 0.429. The third kappa shape index (κ3) is 1.79. The van der Waals surface area contributed by atoms with E-state index in [4.69, 9.17) is 0 Å². The van der Waals surface area contributed by atoms with E-state index in [2.05, 4.69) is 51.7 Å². The Bertz CT molecular complexity index is 427. The van der Waals surface area contributed by atoms with Crippen LogP contribution < -0.4 is 5.32 Å². The number of benzene rings is 1. The summed E-state index contributed by atoms with van der Waals surface area (Å²) in [5, 5.41) is 3.46. The highest BCUT2D eigenvalue weighted by Gasteiger charge is 2.26. The van der Waals surface area contributed by atoms with Crippen LogP contribution in [0.2, 0.25) is 0 Å². The second kappa shape index (κ2) is 3.13. The molecule has 0 aliphatic carbocycles. The highest BCUT2D eigenvalue weighted by Crippen LogP contribution is 2.30. The van der Waals surface area contributed by atoms with Crippen molar-refractivity contribution in [3.8, 4) is 0 Å². The van der Waals surface area contributed by atoms with E-state index in [1.807, 2.05) is 0 Å². The summed E-state index contributed by atoms with van der Waals surface area (Å²) >= 11 is 0. The van der Waals surface area contributed by atoms with Gasteiger partial charge in [0.1, 0.15) is 0 Å². The number of hydrogen-bond acceptors (Lipinski definition) is 1. The fourth-order valence-electron chi connectivity index (χ4n) is 2.30. The van der Waals surface area contributed by atoms with Crippen LogP contribution in [-0.2, 0) is 6.42 Å². The lowest BCUT2D eigenvalue weighted by atomic mass is 9.84. The number of hydrogen-bond donors (Lipinski definition) is 1. The summed E-state index contributed by atoms with van der Waals surface area (Å²) in [6.45, 7) is 12.9. The van der Waals surface area contributed by atoms with E-state index in [9.17, 15) is 0 Å². The average Bonchev–Trinajstić information content (AvgIpc) is 2.07. The van der Waals surface area contributed by atoms with Gasteiger partial charge in [-0.3, -0.25) is 0 Å². The molecule has 1 nitrogen and oxygen atoms in total. The van der Waals surface area contributed by atoms with Crippen LogP contribution in [-0.4, -0.2) is 5.54 Å². The minimum Gasteiger partial charge on any atom is -0.380 e. The van der Waals surface area contributed by atoms with Crippen molar-refractivity contribution in [3.63, 3.8) is 0 Å². The Morgan fingerprint density at radius 3 is 2.47 bits per heavy atom. The molecule has 1 aromatic rings. The Morgan fingerprint density at radius 1 is 1.20 bits per heavy atom. The van der Waals surface area contributed by atoms with Gasteiger partial charge < -0.3 is 5.32 Å². The van der Waals surface area contributed by atoms with Gasteiger partial charge in [0.15, 0.2) is 0 Å². The Labute approximate surface area is 92.2 Å². The van der Waals surface area contributed by atoms with Crippen molar-refractivity contribution in [2.75, 3.05) is 0 Å². The Balaban J connectivity index is 2.56. The van der Waals surface area contributed by atoms with Gasteiger partial charge in [-0.1, -0.05) is 12.6 Å². The van der Waals surface area contributed by atoms with Crippen LogP contribution in [0.15, 0.2) is 18.7 Å². The van der Waals surface area contributed by atoms with E-state index in [1.54, 1.807) is 0 Å². The molecule has 0 spiro atoms. The van der Waals surface area contributed by atoms with Crippen molar-refractivity contribution in [3.05, 3.63) is 41.0 Å². The van der Waals surface area contributed by atoms with Gasteiger partial charge in [0.05, 0.1) is 0 Å². The van der Waals surface area contributed by atoms with Crippen LogP contribution in [0.25, 0.3) is 5.70 Å². The summed E-state index contributed by atoms with van der Waals surface area (Å²) in [6, 6.07) is 4.55. The van der Waals surface area contributed by atoms with Crippen molar-refractivity contribution >= 4 is 5.70 Å². The first-order chi connectivity index (χ1) is 6.89. The SMILES string of the molecule is C=C1NC(C)(C)Cc2cc(C)c(C)cc21. The third-order valence-electron chi connectivity index (χ3n) is 3.17. The van der Waals surface area contributed by atoms with Crippen molar-refractivity contribution in [2.24, 2.45) is 0 Å². The highest BCUT2D eigenvalue weighted by atomic mass is 15.0. The molecule has 1 aromatic carbocycles. The summed E-state index contributed by atoms with van der Waals surface area (Å²) < 4.78 is 0. The predicted octanol–water partition coefficient (Wildman–Crippen LogP) is 3.20. The first kappa shape index (κ1) is 10.3. The molecule has 80 valence electrons. The molecule has 1 heterocycles. The fourth-order valence-corrected chi connectivity index (χ4v) is 2.30. The zero-order valence-corrected chi connectivity index (χ0v) is 10.1. The Morgan fingerprint density at radius 2 is 1.80 bits per heavy atom. The summed E-state index contributed by atoms with van der Waals surface area (Å²) in [6.07, 6.45) is 1.07. The smallest absolute Gasteiger partial charge is 0.0358 e. The van der Waals surface area contributed by atoms with E-state index in [1.165, 1.54) is 22.3 Å². The molecule has 0 atom stereocenters. The van der Waals surface area contributed by atoms with Crippen LogP contribution in [0.3, 0.4) is 0 Å². The van der Waals surface area contributed by atoms with Crippen LogP contribution in [0.5, 0.6) is 0 Å². The first-order valence-electron chi connectivity index (χ1n) is 5.47. The molecule has 0 fully saturated rings. The van der Waals surface area contributed by atoms with Crippen LogP contribution in [0.4, 0.5) is 0 Å². The van der Waals surface area contributed by atoms with Crippen molar-refractivity contribution in [1.29, 1.82) is 0 Å². The highest BCUT2D eigenvalue weighted by molar-refractivity contribution is 5.69. The minimum absolute atomic E-state index is 0.131. The predicted molar refractivity (Wildman–Crippen MR) is 65.9 cm³/mol. The van der Waals surface area contributed by atoms with Gasteiger partial charge >= 0.3 is 0 Å². The molecule has 1 heteroatoms. The lowest BCUT2D eigenvalue weighted by Gasteiger charge is -2.35. The van der Waals surface area contributed by atoms with Crippen LogP contribution >= 0.6 is 0 Å². The van der Waals surface area contributed by atoms with E-state index >= 15 is 0 Å². The second-order valence-corrected chi connectivity index (χ2v) is 5.26. The molecule has 0 radical (unpaired) electrons. The Kier molecular flexibility index (Phi) is 2.14. The molecule has 0 bridgehead atoms. The van der Waals surface area contributed by atoms with E-state index in [-0.39, 0.29) is 5.54 Å². The maximum Gasteiger partial charge on any atom is 0.0358 e. The molecule has 0 aromatic heterocycles. The number of aryl methyl sites for hydroxylation is 2. The lowest BCUT2D eigenvalue weighted by molar-refractivity contribution is 0.437. The summed E-state index contributed by atoms with van der Waals surface area (Å²) in [7, 11) is 0. The van der Waals surface area contributed by atoms with Gasteiger partial charge in [-0.2, -0.15) is 0 Å². The number of rotatable bonds is 0. The van der Waals surface area contributed by atoms with Gasteiger partial charge in [0.25, 0.3) is 0 Å². The zero-order chi connectivity index (χ0) is 11.2. The molecular formula is C14H19N. The summed E-state index contributed by atoms with van der Waals surface area (Å²) in [4.78, 5) is 0. The third-order valence-corrected chi connectivity index (χ3v) is 3.17. The Hall–Kier alpha value is -1.24. The van der Waals surface area contributed by atoms with Gasteiger partial charge in [0, 0.05) is 16.8 Å². The molecule has 0 unspecified atom stereocenters. The van der Waals surface area contributed by atoms with Crippen molar-refractivity contribution < 1.29 is 0 Å². The molecule has 2 rings (SSSR count). The maximum atomic E-state index is 4.11. The minimum atomic E-state index is 0.131. The van der Waals surface area contributed by atoms with E-state index in [0.29, 0.717) is 0 Å². The average molecular weight is 201 g/mol. The standard InChI is InChI=1S/C14H19N/c1-9-6-12-8-14(4,5)15-11(3)13(12)7-10(9)2/h6-7,15H,3,8H2,1-2,4-5H3. The molecule has 15 heavy (non-hydrogen) atoms. The molecule has 1 aliphatic heterocycles. The molecule has 1 N–H and O–H groups in total. The second-order valence-electron chi connectivity index (χ2n) is 5.26. The zero-order valence-electron chi connectivity index (χ0n) is 10.1. The quantitative estimate of drug-likeness (QED) is 0.679. The van der Waals surface area contributed by atoms with Gasteiger partial charge in [0.2, 0.25) is 0 Å². The number of nitrogens with one attached hydrogen (secondary N) is 1. The first-order valence-corrected chi connectivity index (χ1v) is 5.47. The summed E-state index contributed by atoms with van der Waals surface area (Å²) in [5.74, 6) is 0. The molecule has 0 saturated heterocycles. The topological polar surface area (TPSA) is 12.0 Å². The van der Waals surface area contributed by atoms with Gasteiger partial charge in [-0.25, -0.2) is 0 Å². The molecular weight excluding hydrogens is 182 g/mol. The van der Waals surface area contributed by atoms with Crippen LogP contribution in [0, 0.1) is 13.8 Å². The normalized spacial score (nSPS) is 18.3. The largest absolute Gasteiger partial charge is 0.380 e. The monoisotopic (exact) mass is 201 g/mol. The van der Waals surface area contributed by atoms with Crippen molar-refractivity contribution in [1.82, 2.24) is 5.32 Å². The summed E-state index contributed by atoms with van der Waals surface area (Å²) in [5.41, 5.74) is 6.62. The number of fused-ring (bicyclic) bond motifs is 1. The maximum absolute atomic E-state index is 4.11. The van der Waals surface area contributed by atoms with E-state index < -0.39 is 0 Å². The lowest BCUT2D eigenvalue weighted by Crippen LogP contribution is -2.43. The van der Waals surface area contributed by atoms with Crippen LogP contribution in [0.1, 0.15) is 36.1 Å². The molecule has 0 saturated carbocycles.